The van der Waals surface area contributed by atoms with Crippen LogP contribution in [0.25, 0.3) is 0 Å². The Hall–Kier alpha value is -0.803. The Kier molecular flexibility index (Phi) is 5.62. The fourth-order valence-corrected chi connectivity index (χ4v) is 2.59. The van der Waals surface area contributed by atoms with Crippen LogP contribution in [0.2, 0.25) is 18.1 Å². The summed E-state index contributed by atoms with van der Waals surface area (Å²) < 4.78 is 6.22. The van der Waals surface area contributed by atoms with Crippen molar-refractivity contribution < 1.29 is 4.43 Å². The van der Waals surface area contributed by atoms with E-state index in [0.29, 0.717) is 6.61 Å². The molecule has 0 amide bonds. The molecule has 19 heavy (non-hydrogen) atoms. The lowest BCUT2D eigenvalue weighted by atomic mass is 10.1. The molecule has 0 aliphatic heterocycles. The first-order valence-electron chi connectivity index (χ1n) is 6.54. The number of benzene rings is 1. The molecule has 104 valence electrons. The van der Waals surface area contributed by atoms with E-state index >= 15 is 0 Å². The molecule has 0 unspecified atom stereocenters. The summed E-state index contributed by atoms with van der Waals surface area (Å²) in [4.78, 5) is 4.24. The second-order valence-electron chi connectivity index (χ2n) is 6.22. The van der Waals surface area contributed by atoms with Crippen molar-refractivity contribution in [2.24, 2.45) is 4.99 Å². The highest BCUT2D eigenvalue weighted by Gasteiger charge is 2.37. The topological polar surface area (TPSA) is 21.6 Å². The minimum absolute atomic E-state index is 0.0483. The van der Waals surface area contributed by atoms with Crippen molar-refractivity contribution in [2.75, 3.05) is 6.61 Å². The molecule has 0 fully saturated rings. The van der Waals surface area contributed by atoms with Crippen LogP contribution in [0, 0.1) is 0 Å². The monoisotopic (exact) mass is 293 g/mol. The maximum absolute atomic E-state index is 6.22. The predicted octanol–water partition coefficient (Wildman–Crippen LogP) is 4.85. The van der Waals surface area contributed by atoms with E-state index in [0.717, 1.165) is 5.56 Å². The van der Waals surface area contributed by atoms with E-state index in [1.165, 1.54) is 0 Å². The van der Waals surface area contributed by atoms with Crippen molar-refractivity contribution in [1.29, 1.82) is 0 Å². The number of aliphatic imine (C=N–C) groups is 1. The first-order valence-corrected chi connectivity index (χ1v) is 9.85. The molecule has 0 aliphatic rings. The molecule has 0 saturated carbocycles. The van der Waals surface area contributed by atoms with E-state index in [-0.39, 0.29) is 11.1 Å². The highest BCUT2D eigenvalue weighted by atomic mass is 32.1. The van der Waals surface area contributed by atoms with E-state index in [1.807, 2.05) is 18.2 Å². The van der Waals surface area contributed by atoms with Gasteiger partial charge in [-0.1, -0.05) is 51.1 Å². The molecule has 0 saturated heterocycles. The summed E-state index contributed by atoms with van der Waals surface area (Å²) >= 11 is 4.75. The van der Waals surface area contributed by atoms with Crippen LogP contribution in [-0.4, -0.2) is 20.1 Å². The Bertz CT molecular complexity index is 447. The fourth-order valence-electron chi connectivity index (χ4n) is 1.45. The third-order valence-electron chi connectivity index (χ3n) is 3.80. The van der Waals surface area contributed by atoms with Gasteiger partial charge in [-0.25, -0.2) is 4.99 Å². The fraction of sp³-hybridized carbons (Fsp3) is 0.533. The summed E-state index contributed by atoms with van der Waals surface area (Å²) in [7, 11) is -1.75. The van der Waals surface area contributed by atoms with Gasteiger partial charge in [0.1, 0.15) is 6.04 Å². The highest BCUT2D eigenvalue weighted by molar-refractivity contribution is 7.78. The van der Waals surface area contributed by atoms with Crippen LogP contribution in [-0.2, 0) is 4.43 Å². The number of hydrogen-bond donors (Lipinski definition) is 0. The van der Waals surface area contributed by atoms with Crippen LogP contribution in [0.1, 0.15) is 32.4 Å². The van der Waals surface area contributed by atoms with Gasteiger partial charge in [-0.15, -0.1) is 0 Å². The van der Waals surface area contributed by atoms with Crippen LogP contribution in [0.4, 0.5) is 0 Å². The van der Waals surface area contributed by atoms with Crippen molar-refractivity contribution in [2.45, 2.75) is 44.9 Å². The Labute approximate surface area is 123 Å². The average molecular weight is 294 g/mol. The van der Waals surface area contributed by atoms with Crippen LogP contribution in [0.15, 0.2) is 35.3 Å². The predicted molar refractivity (Wildman–Crippen MR) is 87.4 cm³/mol. The number of isothiocyanates is 1. The minimum Gasteiger partial charge on any atom is -0.414 e. The molecule has 0 aromatic heterocycles. The molecule has 1 atom stereocenters. The van der Waals surface area contributed by atoms with Gasteiger partial charge >= 0.3 is 0 Å². The van der Waals surface area contributed by atoms with E-state index in [4.69, 9.17) is 16.6 Å². The Morgan fingerprint density at radius 3 is 2.32 bits per heavy atom. The molecule has 2 nitrogen and oxygen atoms in total. The van der Waals surface area contributed by atoms with Gasteiger partial charge in [-0.05, 0) is 35.9 Å². The molecule has 1 rings (SSSR count). The third-order valence-corrected chi connectivity index (χ3v) is 8.41. The minimum atomic E-state index is -1.75. The summed E-state index contributed by atoms with van der Waals surface area (Å²) in [5, 5.41) is 2.69. The smallest absolute Gasteiger partial charge is 0.192 e. The molecular formula is C15H23NOSSi. The lowest BCUT2D eigenvalue weighted by molar-refractivity contribution is 0.266. The van der Waals surface area contributed by atoms with E-state index in [2.05, 4.69) is 56.2 Å². The summed E-state index contributed by atoms with van der Waals surface area (Å²) in [6, 6.07) is 10.1. The maximum Gasteiger partial charge on any atom is 0.192 e. The summed E-state index contributed by atoms with van der Waals surface area (Å²) in [6.45, 7) is 11.8. The Balaban J connectivity index is 2.80. The van der Waals surface area contributed by atoms with Gasteiger partial charge in [0.15, 0.2) is 8.32 Å². The summed E-state index contributed by atoms with van der Waals surface area (Å²) in [5.41, 5.74) is 1.12. The zero-order chi connectivity index (χ0) is 14.5. The van der Waals surface area contributed by atoms with Gasteiger partial charge in [0.05, 0.1) is 11.8 Å². The Morgan fingerprint density at radius 1 is 1.26 bits per heavy atom. The van der Waals surface area contributed by atoms with Gasteiger partial charge in [0, 0.05) is 0 Å². The van der Waals surface area contributed by atoms with E-state index < -0.39 is 8.32 Å². The van der Waals surface area contributed by atoms with Crippen molar-refractivity contribution in [1.82, 2.24) is 0 Å². The van der Waals surface area contributed by atoms with Crippen LogP contribution in [0.3, 0.4) is 0 Å². The number of thiocarbonyl (C=S) groups is 1. The SMILES string of the molecule is CC(C)(C)[Si](C)(C)OC[C@H](N=C=S)c1ccccc1. The molecule has 4 heteroatoms. The average Bonchev–Trinajstić information content (AvgIpc) is 2.34. The molecule has 0 aliphatic carbocycles. The van der Waals surface area contributed by atoms with Crippen molar-refractivity contribution in [3.63, 3.8) is 0 Å². The quantitative estimate of drug-likeness (QED) is 0.439. The van der Waals surface area contributed by atoms with Crippen molar-refractivity contribution in [3.8, 4) is 0 Å². The molecule has 0 bridgehead atoms. The Morgan fingerprint density at radius 2 is 1.84 bits per heavy atom. The van der Waals surface area contributed by atoms with Gasteiger partial charge < -0.3 is 4.43 Å². The summed E-state index contributed by atoms with van der Waals surface area (Å²) in [6.07, 6.45) is 0. The van der Waals surface area contributed by atoms with Crippen LogP contribution in [0.5, 0.6) is 0 Å². The number of rotatable bonds is 5. The van der Waals surface area contributed by atoms with Gasteiger partial charge in [0.25, 0.3) is 0 Å². The molecule has 1 aromatic carbocycles. The molecule has 0 radical (unpaired) electrons. The largest absolute Gasteiger partial charge is 0.414 e. The summed E-state index contributed by atoms with van der Waals surface area (Å²) in [5.74, 6) is 0. The zero-order valence-corrected chi connectivity index (χ0v) is 14.3. The molecule has 0 N–H and O–H groups in total. The van der Waals surface area contributed by atoms with Crippen molar-refractivity contribution in [3.05, 3.63) is 35.9 Å². The first kappa shape index (κ1) is 16.3. The lowest BCUT2D eigenvalue weighted by Crippen LogP contribution is -2.41. The normalized spacial score (nSPS) is 13.7. The highest BCUT2D eigenvalue weighted by Crippen LogP contribution is 2.37. The standard InChI is InChI=1S/C15H23NOSSi/c1-15(2,3)19(4,5)17-11-14(16-12-18)13-9-7-6-8-10-13/h6-10,14H,11H2,1-5H3/t14-/m0/s1. The number of hydrogen-bond acceptors (Lipinski definition) is 3. The number of nitrogens with zero attached hydrogens (tertiary/aromatic N) is 1. The van der Waals surface area contributed by atoms with E-state index in [9.17, 15) is 0 Å². The lowest BCUT2D eigenvalue weighted by Gasteiger charge is -2.36. The molecular weight excluding hydrogens is 270 g/mol. The molecule has 0 heterocycles. The first-order chi connectivity index (χ1) is 8.78. The molecule has 1 aromatic rings. The van der Waals surface area contributed by atoms with Crippen molar-refractivity contribution >= 4 is 25.7 Å². The van der Waals surface area contributed by atoms with Crippen LogP contribution >= 0.6 is 12.2 Å². The van der Waals surface area contributed by atoms with Gasteiger partial charge in [0.2, 0.25) is 0 Å². The maximum atomic E-state index is 6.22. The van der Waals surface area contributed by atoms with Gasteiger partial charge in [-0.3, -0.25) is 0 Å². The van der Waals surface area contributed by atoms with Crippen LogP contribution < -0.4 is 0 Å². The zero-order valence-electron chi connectivity index (χ0n) is 12.4. The second-order valence-corrected chi connectivity index (χ2v) is 11.2. The van der Waals surface area contributed by atoms with E-state index in [1.54, 1.807) is 0 Å². The molecule has 0 spiro atoms. The second kappa shape index (κ2) is 6.57. The van der Waals surface area contributed by atoms with Gasteiger partial charge in [-0.2, -0.15) is 0 Å². The third kappa shape index (κ3) is 4.66.